The first-order chi connectivity index (χ1) is 11.5. The summed E-state index contributed by atoms with van der Waals surface area (Å²) in [5.41, 5.74) is 5.49. The molecule has 0 radical (unpaired) electrons. The molecule has 1 atom stereocenters. The number of fused-ring (bicyclic) bond motifs is 1. The van der Waals surface area contributed by atoms with Gasteiger partial charge in [0.1, 0.15) is 11.0 Å². The highest BCUT2D eigenvalue weighted by Crippen LogP contribution is 2.20. The average Bonchev–Trinajstić information content (AvgIpc) is 3.01. The highest BCUT2D eigenvalue weighted by atomic mass is 16.6. The van der Waals surface area contributed by atoms with Crippen molar-refractivity contribution in [1.29, 1.82) is 0 Å². The summed E-state index contributed by atoms with van der Waals surface area (Å²) in [6.45, 7) is 3.99. The van der Waals surface area contributed by atoms with Crippen LogP contribution in [0.3, 0.4) is 0 Å². The van der Waals surface area contributed by atoms with Crippen molar-refractivity contribution < 1.29 is 4.63 Å². The first-order valence-corrected chi connectivity index (χ1v) is 8.18. The summed E-state index contributed by atoms with van der Waals surface area (Å²) >= 11 is 0. The van der Waals surface area contributed by atoms with E-state index in [1.807, 2.05) is 12.1 Å². The fourth-order valence-electron chi connectivity index (χ4n) is 2.85. The summed E-state index contributed by atoms with van der Waals surface area (Å²) in [6.07, 6.45) is 0. The van der Waals surface area contributed by atoms with Crippen LogP contribution in [0, 0.1) is 0 Å². The zero-order valence-corrected chi connectivity index (χ0v) is 14.7. The predicted molar refractivity (Wildman–Crippen MR) is 95.5 cm³/mol. The SMILES string of the molecule is C[C@H](c1cccc(CN(C)Cc2ccc3nonc3c2)c1)N(C)C. The smallest absolute Gasteiger partial charge is 0.135 e. The Kier molecular flexibility index (Phi) is 4.92. The van der Waals surface area contributed by atoms with Crippen molar-refractivity contribution in [2.24, 2.45) is 0 Å². The molecular weight excluding hydrogens is 300 g/mol. The van der Waals surface area contributed by atoms with E-state index < -0.39 is 0 Å². The van der Waals surface area contributed by atoms with Crippen molar-refractivity contribution in [3.8, 4) is 0 Å². The minimum atomic E-state index is 0.414. The fourth-order valence-corrected chi connectivity index (χ4v) is 2.85. The predicted octanol–water partition coefficient (Wildman–Crippen LogP) is 3.48. The normalized spacial score (nSPS) is 13.1. The van der Waals surface area contributed by atoms with Gasteiger partial charge >= 0.3 is 0 Å². The molecule has 0 spiro atoms. The van der Waals surface area contributed by atoms with E-state index >= 15 is 0 Å². The quantitative estimate of drug-likeness (QED) is 0.694. The zero-order chi connectivity index (χ0) is 17.1. The van der Waals surface area contributed by atoms with E-state index in [0.29, 0.717) is 6.04 Å². The van der Waals surface area contributed by atoms with E-state index in [0.717, 1.165) is 24.1 Å². The lowest BCUT2D eigenvalue weighted by atomic mass is 10.0. The van der Waals surface area contributed by atoms with Gasteiger partial charge in [0.2, 0.25) is 0 Å². The molecule has 0 amide bonds. The van der Waals surface area contributed by atoms with Crippen LogP contribution in [0.5, 0.6) is 0 Å². The highest BCUT2D eigenvalue weighted by Gasteiger charge is 2.09. The molecule has 3 rings (SSSR count). The topological polar surface area (TPSA) is 45.4 Å². The van der Waals surface area contributed by atoms with Crippen molar-refractivity contribution >= 4 is 11.0 Å². The minimum Gasteiger partial charge on any atom is -0.303 e. The second-order valence-corrected chi connectivity index (χ2v) is 6.64. The Balaban J connectivity index is 1.68. The van der Waals surface area contributed by atoms with E-state index in [-0.39, 0.29) is 0 Å². The Bertz CT molecular complexity index is 812. The first kappa shape index (κ1) is 16.6. The Morgan fingerprint density at radius 1 is 0.917 bits per heavy atom. The van der Waals surface area contributed by atoms with Crippen LogP contribution in [0.15, 0.2) is 47.1 Å². The monoisotopic (exact) mass is 324 g/mol. The van der Waals surface area contributed by atoms with Gasteiger partial charge in [-0.2, -0.15) is 0 Å². The third kappa shape index (κ3) is 3.80. The van der Waals surface area contributed by atoms with Crippen LogP contribution in [-0.2, 0) is 13.1 Å². The molecule has 2 aromatic carbocycles. The van der Waals surface area contributed by atoms with Gasteiger partial charge < -0.3 is 4.90 Å². The van der Waals surface area contributed by atoms with Gasteiger partial charge in [0.05, 0.1) is 0 Å². The van der Waals surface area contributed by atoms with Crippen molar-refractivity contribution in [2.45, 2.75) is 26.1 Å². The molecule has 5 heteroatoms. The molecule has 126 valence electrons. The third-order valence-electron chi connectivity index (χ3n) is 4.43. The largest absolute Gasteiger partial charge is 0.303 e. The van der Waals surface area contributed by atoms with E-state index in [9.17, 15) is 0 Å². The number of hydrogen-bond donors (Lipinski definition) is 0. The van der Waals surface area contributed by atoms with E-state index in [2.05, 4.69) is 78.5 Å². The summed E-state index contributed by atoms with van der Waals surface area (Å²) < 4.78 is 4.76. The summed E-state index contributed by atoms with van der Waals surface area (Å²) in [6, 6.07) is 15.3. The van der Waals surface area contributed by atoms with Crippen LogP contribution in [0.25, 0.3) is 11.0 Å². The molecule has 5 nitrogen and oxygen atoms in total. The molecule has 0 aliphatic carbocycles. The van der Waals surface area contributed by atoms with Gasteiger partial charge in [0.15, 0.2) is 0 Å². The van der Waals surface area contributed by atoms with Crippen LogP contribution >= 0.6 is 0 Å². The van der Waals surface area contributed by atoms with Gasteiger partial charge in [-0.3, -0.25) is 4.90 Å². The standard InChI is InChI=1S/C19H24N4O/c1-14(22(2)3)17-7-5-6-15(10-17)12-23(4)13-16-8-9-18-19(11-16)21-24-20-18/h5-11,14H,12-13H2,1-4H3/t14-/m1/s1. The molecule has 0 fully saturated rings. The maximum absolute atomic E-state index is 4.76. The molecule has 0 aliphatic rings. The molecule has 0 N–H and O–H groups in total. The van der Waals surface area contributed by atoms with Crippen LogP contribution in [-0.4, -0.2) is 41.3 Å². The van der Waals surface area contributed by atoms with Crippen molar-refractivity contribution in [1.82, 2.24) is 20.1 Å². The molecule has 1 aromatic heterocycles. The molecule has 0 saturated heterocycles. The van der Waals surface area contributed by atoms with Gasteiger partial charge in [-0.15, -0.1) is 0 Å². The molecule has 24 heavy (non-hydrogen) atoms. The van der Waals surface area contributed by atoms with E-state index in [4.69, 9.17) is 4.63 Å². The van der Waals surface area contributed by atoms with Gasteiger partial charge in [0, 0.05) is 19.1 Å². The molecule has 1 heterocycles. The molecular formula is C19H24N4O. The Hall–Kier alpha value is -2.24. The Labute approximate surface area is 142 Å². The number of hydrogen-bond acceptors (Lipinski definition) is 5. The summed E-state index contributed by atoms with van der Waals surface area (Å²) in [4.78, 5) is 4.53. The Morgan fingerprint density at radius 3 is 2.38 bits per heavy atom. The van der Waals surface area contributed by atoms with Crippen LogP contribution < -0.4 is 0 Å². The molecule has 0 saturated carbocycles. The maximum atomic E-state index is 4.76. The molecule has 0 aliphatic heterocycles. The summed E-state index contributed by atoms with van der Waals surface area (Å²) in [5.74, 6) is 0. The summed E-state index contributed by atoms with van der Waals surface area (Å²) in [7, 11) is 6.35. The van der Waals surface area contributed by atoms with Gasteiger partial charge in [-0.05, 0) is 67.2 Å². The van der Waals surface area contributed by atoms with Crippen molar-refractivity contribution in [2.75, 3.05) is 21.1 Å². The second kappa shape index (κ2) is 7.11. The van der Waals surface area contributed by atoms with Crippen LogP contribution in [0.4, 0.5) is 0 Å². The van der Waals surface area contributed by atoms with Gasteiger partial charge in [0.25, 0.3) is 0 Å². The number of nitrogens with zero attached hydrogens (tertiary/aromatic N) is 4. The Morgan fingerprint density at radius 2 is 1.62 bits per heavy atom. The third-order valence-corrected chi connectivity index (χ3v) is 4.43. The lowest BCUT2D eigenvalue weighted by molar-refractivity contribution is 0.313. The van der Waals surface area contributed by atoms with Gasteiger partial charge in [-0.25, -0.2) is 4.63 Å². The lowest BCUT2D eigenvalue weighted by Gasteiger charge is -2.22. The van der Waals surface area contributed by atoms with E-state index in [1.54, 1.807) is 0 Å². The zero-order valence-electron chi connectivity index (χ0n) is 14.7. The number of benzene rings is 2. The molecule has 0 unspecified atom stereocenters. The number of aromatic nitrogens is 2. The van der Waals surface area contributed by atoms with Crippen LogP contribution in [0.2, 0.25) is 0 Å². The first-order valence-electron chi connectivity index (χ1n) is 8.18. The maximum Gasteiger partial charge on any atom is 0.135 e. The lowest BCUT2D eigenvalue weighted by Crippen LogP contribution is -2.19. The fraction of sp³-hybridized carbons (Fsp3) is 0.368. The molecule has 3 aromatic rings. The second-order valence-electron chi connectivity index (χ2n) is 6.64. The van der Waals surface area contributed by atoms with Crippen LogP contribution in [0.1, 0.15) is 29.7 Å². The van der Waals surface area contributed by atoms with E-state index in [1.165, 1.54) is 16.7 Å². The van der Waals surface area contributed by atoms with Gasteiger partial charge in [-0.1, -0.05) is 30.3 Å². The minimum absolute atomic E-state index is 0.414. The van der Waals surface area contributed by atoms with Crippen molar-refractivity contribution in [3.63, 3.8) is 0 Å². The number of rotatable bonds is 6. The summed E-state index contributed by atoms with van der Waals surface area (Å²) in [5, 5.41) is 7.75. The average molecular weight is 324 g/mol. The highest BCUT2D eigenvalue weighted by molar-refractivity contribution is 5.73. The molecule has 0 bridgehead atoms. The van der Waals surface area contributed by atoms with Crippen molar-refractivity contribution in [3.05, 3.63) is 59.2 Å².